The Morgan fingerprint density at radius 3 is 3.17 bits per heavy atom. The fourth-order valence-electron chi connectivity index (χ4n) is 2.28. The highest BCUT2D eigenvalue weighted by Crippen LogP contribution is 2.26. The molecule has 0 spiro atoms. The fourth-order valence-corrected chi connectivity index (χ4v) is 2.28. The lowest BCUT2D eigenvalue weighted by molar-refractivity contribution is 0.138. The number of anilines is 1. The summed E-state index contributed by atoms with van der Waals surface area (Å²) >= 11 is 0. The molecule has 1 aromatic carbocycles. The lowest BCUT2D eigenvalue weighted by Crippen LogP contribution is -2.25. The van der Waals surface area contributed by atoms with E-state index in [0.717, 1.165) is 16.6 Å². The average Bonchev–Trinajstić information content (AvgIpc) is 2.95. The number of nitrogens with two attached hydrogens (primary N) is 1. The Morgan fingerprint density at radius 1 is 1.44 bits per heavy atom. The number of fused-ring (bicyclic) bond motifs is 1. The summed E-state index contributed by atoms with van der Waals surface area (Å²) in [6.07, 6.45) is 2.20. The van der Waals surface area contributed by atoms with Gasteiger partial charge in [-0.2, -0.15) is 0 Å². The third-order valence-electron chi connectivity index (χ3n) is 3.21. The highest BCUT2D eigenvalue weighted by Gasteiger charge is 2.31. The standard InChI is InChI=1S/C13H15N3O2/c14-5-3-11-8-16(13(17)18-11)10-1-2-12-9(7-10)4-6-15-12/h1-2,4,6-7,11,15H,3,5,8,14H2. The molecule has 1 atom stereocenters. The van der Waals surface area contributed by atoms with Crippen molar-refractivity contribution in [3.8, 4) is 0 Å². The summed E-state index contributed by atoms with van der Waals surface area (Å²) in [7, 11) is 0. The molecule has 3 rings (SSSR count). The van der Waals surface area contributed by atoms with Crippen molar-refractivity contribution in [2.24, 2.45) is 5.73 Å². The largest absolute Gasteiger partial charge is 0.444 e. The topological polar surface area (TPSA) is 71.3 Å². The Balaban J connectivity index is 1.87. The van der Waals surface area contributed by atoms with Gasteiger partial charge in [0.1, 0.15) is 6.10 Å². The molecule has 1 aliphatic heterocycles. The second-order valence-electron chi connectivity index (χ2n) is 4.44. The van der Waals surface area contributed by atoms with Crippen LogP contribution in [-0.4, -0.2) is 30.3 Å². The summed E-state index contributed by atoms with van der Waals surface area (Å²) in [5, 5.41) is 1.09. The minimum absolute atomic E-state index is 0.0931. The van der Waals surface area contributed by atoms with E-state index >= 15 is 0 Å². The maximum absolute atomic E-state index is 11.8. The van der Waals surface area contributed by atoms with E-state index in [9.17, 15) is 4.79 Å². The highest BCUT2D eigenvalue weighted by atomic mass is 16.6. The van der Waals surface area contributed by atoms with Crippen LogP contribution in [-0.2, 0) is 4.74 Å². The first kappa shape index (κ1) is 11.1. The lowest BCUT2D eigenvalue weighted by atomic mass is 10.2. The van der Waals surface area contributed by atoms with Gasteiger partial charge in [0.25, 0.3) is 0 Å². The number of carbonyl (C=O) groups is 1. The molecule has 1 saturated heterocycles. The van der Waals surface area contributed by atoms with Crippen LogP contribution in [0.25, 0.3) is 10.9 Å². The van der Waals surface area contributed by atoms with Gasteiger partial charge in [0, 0.05) is 22.8 Å². The van der Waals surface area contributed by atoms with Crippen LogP contribution in [0.3, 0.4) is 0 Å². The van der Waals surface area contributed by atoms with Crippen LogP contribution in [0.15, 0.2) is 30.5 Å². The first-order valence-electron chi connectivity index (χ1n) is 6.03. The van der Waals surface area contributed by atoms with Crippen LogP contribution in [0.5, 0.6) is 0 Å². The molecule has 2 aromatic rings. The summed E-state index contributed by atoms with van der Waals surface area (Å²) in [6, 6.07) is 7.86. The van der Waals surface area contributed by atoms with Crippen LogP contribution < -0.4 is 10.6 Å². The number of nitrogens with zero attached hydrogens (tertiary/aromatic N) is 1. The zero-order chi connectivity index (χ0) is 12.5. The number of carbonyl (C=O) groups excluding carboxylic acids is 1. The molecular formula is C13H15N3O2. The number of nitrogens with one attached hydrogen (secondary N) is 1. The quantitative estimate of drug-likeness (QED) is 0.866. The van der Waals surface area contributed by atoms with Crippen LogP contribution >= 0.6 is 0 Å². The van der Waals surface area contributed by atoms with Gasteiger partial charge in [0.2, 0.25) is 0 Å². The predicted molar refractivity (Wildman–Crippen MR) is 69.6 cm³/mol. The number of benzene rings is 1. The minimum Gasteiger partial charge on any atom is -0.444 e. The lowest BCUT2D eigenvalue weighted by Gasteiger charge is -2.12. The van der Waals surface area contributed by atoms with Crippen molar-refractivity contribution in [1.82, 2.24) is 4.98 Å². The van der Waals surface area contributed by atoms with Crippen LogP contribution in [0.1, 0.15) is 6.42 Å². The smallest absolute Gasteiger partial charge is 0.414 e. The number of aromatic nitrogens is 1. The van der Waals surface area contributed by atoms with E-state index in [0.29, 0.717) is 19.5 Å². The van der Waals surface area contributed by atoms with Crippen molar-refractivity contribution in [3.63, 3.8) is 0 Å². The van der Waals surface area contributed by atoms with Crippen molar-refractivity contribution >= 4 is 22.7 Å². The molecule has 18 heavy (non-hydrogen) atoms. The molecule has 1 fully saturated rings. The van der Waals surface area contributed by atoms with E-state index in [1.165, 1.54) is 0 Å². The van der Waals surface area contributed by atoms with Crippen molar-refractivity contribution in [1.29, 1.82) is 0 Å². The highest BCUT2D eigenvalue weighted by molar-refractivity contribution is 5.93. The molecule has 0 radical (unpaired) electrons. The normalized spacial score (nSPS) is 19.5. The third kappa shape index (κ3) is 1.82. The Kier molecular flexibility index (Phi) is 2.68. The Morgan fingerprint density at radius 2 is 2.33 bits per heavy atom. The third-order valence-corrected chi connectivity index (χ3v) is 3.21. The number of H-pyrrole nitrogens is 1. The number of ether oxygens (including phenoxy) is 1. The van der Waals surface area contributed by atoms with Crippen LogP contribution in [0, 0.1) is 0 Å². The number of aromatic amines is 1. The van der Waals surface area contributed by atoms with E-state index in [1.807, 2.05) is 30.5 Å². The van der Waals surface area contributed by atoms with Gasteiger partial charge in [-0.1, -0.05) is 0 Å². The van der Waals surface area contributed by atoms with Gasteiger partial charge in [-0.3, -0.25) is 4.90 Å². The maximum atomic E-state index is 11.8. The molecule has 5 nitrogen and oxygen atoms in total. The molecule has 3 N–H and O–H groups in total. The molecular weight excluding hydrogens is 230 g/mol. The summed E-state index contributed by atoms with van der Waals surface area (Å²) in [5.74, 6) is 0. The van der Waals surface area contributed by atoms with Crippen molar-refractivity contribution < 1.29 is 9.53 Å². The van der Waals surface area contributed by atoms with Gasteiger partial charge in [-0.05, 0) is 37.2 Å². The first-order valence-corrected chi connectivity index (χ1v) is 6.03. The summed E-state index contributed by atoms with van der Waals surface area (Å²) in [5.41, 5.74) is 7.41. The first-order chi connectivity index (χ1) is 8.78. The van der Waals surface area contributed by atoms with Gasteiger partial charge in [0.15, 0.2) is 0 Å². The number of hydrogen-bond acceptors (Lipinski definition) is 3. The molecule has 0 bridgehead atoms. The Labute approximate surface area is 105 Å². The number of rotatable bonds is 3. The number of cyclic esters (lactones) is 1. The molecule has 5 heteroatoms. The molecule has 94 valence electrons. The SMILES string of the molecule is NCCC1CN(c2ccc3[nH]ccc3c2)C(=O)O1. The minimum atomic E-state index is -0.289. The molecule has 1 amide bonds. The number of amides is 1. The van der Waals surface area contributed by atoms with Gasteiger partial charge in [0.05, 0.1) is 6.54 Å². The van der Waals surface area contributed by atoms with Gasteiger partial charge < -0.3 is 15.5 Å². The molecule has 1 unspecified atom stereocenters. The Hall–Kier alpha value is -2.01. The molecule has 1 aliphatic rings. The van der Waals surface area contributed by atoms with E-state index < -0.39 is 0 Å². The second-order valence-corrected chi connectivity index (χ2v) is 4.44. The average molecular weight is 245 g/mol. The van der Waals surface area contributed by atoms with Crippen molar-refractivity contribution in [2.45, 2.75) is 12.5 Å². The zero-order valence-electron chi connectivity index (χ0n) is 9.93. The van der Waals surface area contributed by atoms with E-state index in [1.54, 1.807) is 4.90 Å². The molecule has 0 aliphatic carbocycles. The van der Waals surface area contributed by atoms with E-state index in [4.69, 9.17) is 10.5 Å². The Bertz CT molecular complexity index is 578. The monoisotopic (exact) mass is 245 g/mol. The maximum Gasteiger partial charge on any atom is 0.414 e. The number of hydrogen-bond donors (Lipinski definition) is 2. The van der Waals surface area contributed by atoms with Crippen LogP contribution in [0.2, 0.25) is 0 Å². The van der Waals surface area contributed by atoms with Gasteiger partial charge in [-0.15, -0.1) is 0 Å². The van der Waals surface area contributed by atoms with Crippen molar-refractivity contribution in [3.05, 3.63) is 30.5 Å². The molecule has 2 heterocycles. The summed E-state index contributed by atoms with van der Waals surface area (Å²) in [4.78, 5) is 16.6. The van der Waals surface area contributed by atoms with Crippen LogP contribution in [0.4, 0.5) is 10.5 Å². The molecule has 1 aromatic heterocycles. The second kappa shape index (κ2) is 4.34. The van der Waals surface area contributed by atoms with Gasteiger partial charge in [-0.25, -0.2) is 4.79 Å². The van der Waals surface area contributed by atoms with E-state index in [-0.39, 0.29) is 12.2 Å². The summed E-state index contributed by atoms with van der Waals surface area (Å²) in [6.45, 7) is 1.11. The zero-order valence-corrected chi connectivity index (χ0v) is 9.93. The molecule has 0 saturated carbocycles. The fraction of sp³-hybridized carbons (Fsp3) is 0.308. The summed E-state index contributed by atoms with van der Waals surface area (Å²) < 4.78 is 5.26. The predicted octanol–water partition coefficient (Wildman–Crippen LogP) is 1.84. The van der Waals surface area contributed by atoms with Gasteiger partial charge >= 0.3 is 6.09 Å². The van der Waals surface area contributed by atoms with Crippen molar-refractivity contribution in [2.75, 3.05) is 18.0 Å². The van der Waals surface area contributed by atoms with E-state index in [2.05, 4.69) is 4.98 Å².